The number of amides is 1. The molecule has 1 N–H and O–H groups in total. The number of pyridine rings is 1. The number of aryl methyl sites for hydroxylation is 4. The van der Waals surface area contributed by atoms with Crippen LogP contribution in [0.3, 0.4) is 0 Å². The van der Waals surface area contributed by atoms with E-state index in [-0.39, 0.29) is 23.8 Å². The summed E-state index contributed by atoms with van der Waals surface area (Å²) in [6.07, 6.45) is 0. The summed E-state index contributed by atoms with van der Waals surface area (Å²) in [7, 11) is 0. The van der Waals surface area contributed by atoms with Crippen LogP contribution in [0.2, 0.25) is 0 Å². The lowest BCUT2D eigenvalue weighted by molar-refractivity contribution is -0.116. The highest BCUT2D eigenvalue weighted by molar-refractivity contribution is 7.15. The molecule has 1 aromatic carbocycles. The molecule has 3 aromatic heterocycles. The first-order valence-corrected chi connectivity index (χ1v) is 10.1. The maximum atomic E-state index is 12.5. The van der Waals surface area contributed by atoms with Gasteiger partial charge in [0.25, 0.3) is 5.95 Å². The second kappa shape index (κ2) is 7.29. The Kier molecular flexibility index (Phi) is 4.79. The van der Waals surface area contributed by atoms with Crippen LogP contribution in [0.4, 0.5) is 5.95 Å². The van der Waals surface area contributed by atoms with Crippen LogP contribution >= 0.6 is 11.3 Å². The number of hydrogen-bond acceptors (Lipinski definition) is 5. The smallest absolute Gasteiger partial charge is 0.250 e. The second-order valence-electron chi connectivity index (χ2n) is 7.18. The van der Waals surface area contributed by atoms with Crippen LogP contribution in [0.25, 0.3) is 16.2 Å². The maximum Gasteiger partial charge on any atom is 0.250 e. The molecule has 1 amide bonds. The Bertz CT molecular complexity index is 1270. The van der Waals surface area contributed by atoms with Crippen LogP contribution in [-0.2, 0) is 11.3 Å². The van der Waals surface area contributed by atoms with Gasteiger partial charge in [-0.2, -0.15) is 4.98 Å². The summed E-state index contributed by atoms with van der Waals surface area (Å²) in [5.74, 6) is 0.0235. The third-order valence-electron chi connectivity index (χ3n) is 4.85. The number of aromatic nitrogens is 4. The van der Waals surface area contributed by atoms with Gasteiger partial charge in [-0.3, -0.25) is 14.9 Å². The van der Waals surface area contributed by atoms with Crippen molar-refractivity contribution in [1.29, 1.82) is 0 Å². The van der Waals surface area contributed by atoms with Crippen molar-refractivity contribution in [2.24, 2.45) is 0 Å². The molecule has 0 saturated carbocycles. The Morgan fingerprint density at radius 3 is 2.52 bits per heavy atom. The van der Waals surface area contributed by atoms with Gasteiger partial charge in [-0.15, -0.1) is 16.4 Å². The molecule has 3 heterocycles. The third-order valence-corrected chi connectivity index (χ3v) is 5.66. The number of thiazole rings is 1. The van der Waals surface area contributed by atoms with Crippen molar-refractivity contribution in [2.45, 2.75) is 34.2 Å². The van der Waals surface area contributed by atoms with E-state index < -0.39 is 0 Å². The average Bonchev–Trinajstić information content (AvgIpc) is 3.18. The average molecular weight is 407 g/mol. The van der Waals surface area contributed by atoms with Crippen LogP contribution in [0.1, 0.15) is 22.5 Å². The molecular weight excluding hydrogens is 386 g/mol. The SMILES string of the molecule is Cc1ccc(-c2csc3nc(NC(=O)Cn4c(C)cc(=O)cc4C)nn23)c(C)c1. The second-order valence-corrected chi connectivity index (χ2v) is 8.01. The lowest BCUT2D eigenvalue weighted by atomic mass is 10.0. The Morgan fingerprint density at radius 2 is 1.83 bits per heavy atom. The van der Waals surface area contributed by atoms with Gasteiger partial charge in [0.1, 0.15) is 6.54 Å². The highest BCUT2D eigenvalue weighted by Gasteiger charge is 2.15. The zero-order chi connectivity index (χ0) is 20.7. The van der Waals surface area contributed by atoms with Crippen LogP contribution in [0.5, 0.6) is 0 Å². The standard InChI is InChI=1S/C21H21N5O2S/c1-12-5-6-17(13(2)7-12)18-11-29-21-23-20(24-26(18)21)22-19(28)10-25-14(3)8-16(27)9-15(25)4/h5-9,11H,10H2,1-4H3,(H,22,24,28). The predicted molar refractivity (Wildman–Crippen MR) is 115 cm³/mol. The molecular formula is C21H21N5O2S. The van der Waals surface area contributed by atoms with Crippen LogP contribution in [-0.4, -0.2) is 25.1 Å². The molecule has 0 aliphatic carbocycles. The minimum atomic E-state index is -0.244. The maximum absolute atomic E-state index is 12.5. The molecule has 0 aliphatic rings. The van der Waals surface area contributed by atoms with Crippen molar-refractivity contribution in [3.63, 3.8) is 0 Å². The van der Waals surface area contributed by atoms with E-state index in [1.54, 1.807) is 9.08 Å². The van der Waals surface area contributed by atoms with Gasteiger partial charge >= 0.3 is 0 Å². The Hall–Kier alpha value is -3.26. The summed E-state index contributed by atoms with van der Waals surface area (Å²) in [6, 6.07) is 9.31. The number of hydrogen-bond donors (Lipinski definition) is 1. The highest BCUT2D eigenvalue weighted by Crippen LogP contribution is 2.28. The first-order chi connectivity index (χ1) is 13.8. The quantitative estimate of drug-likeness (QED) is 0.561. The summed E-state index contributed by atoms with van der Waals surface area (Å²) in [5, 5.41) is 9.26. The number of carbonyl (C=O) groups excluding carboxylic acids is 1. The summed E-state index contributed by atoms with van der Waals surface area (Å²) in [6.45, 7) is 7.84. The molecule has 148 valence electrons. The molecule has 0 radical (unpaired) electrons. The molecule has 0 aliphatic heterocycles. The normalized spacial score (nSPS) is 11.2. The van der Waals surface area contributed by atoms with E-state index in [0.29, 0.717) is 4.96 Å². The fraction of sp³-hybridized carbons (Fsp3) is 0.238. The van der Waals surface area contributed by atoms with E-state index in [2.05, 4.69) is 47.4 Å². The van der Waals surface area contributed by atoms with Crippen molar-refractivity contribution in [3.8, 4) is 11.3 Å². The van der Waals surface area contributed by atoms with Crippen molar-refractivity contribution in [3.05, 3.63) is 68.4 Å². The van der Waals surface area contributed by atoms with E-state index in [1.165, 1.54) is 29.0 Å². The van der Waals surface area contributed by atoms with Crippen molar-refractivity contribution in [2.75, 3.05) is 5.32 Å². The summed E-state index contributed by atoms with van der Waals surface area (Å²) in [4.78, 5) is 29.2. The van der Waals surface area contributed by atoms with E-state index >= 15 is 0 Å². The lowest BCUT2D eigenvalue weighted by Gasteiger charge is -2.13. The first-order valence-electron chi connectivity index (χ1n) is 9.21. The fourth-order valence-electron chi connectivity index (χ4n) is 3.47. The lowest BCUT2D eigenvalue weighted by Crippen LogP contribution is -2.23. The van der Waals surface area contributed by atoms with Gasteiger partial charge in [0.15, 0.2) is 5.43 Å². The van der Waals surface area contributed by atoms with Crippen molar-refractivity contribution >= 4 is 28.2 Å². The Labute approximate surface area is 171 Å². The van der Waals surface area contributed by atoms with Crippen LogP contribution in [0.15, 0.2) is 40.5 Å². The van der Waals surface area contributed by atoms with E-state index in [4.69, 9.17) is 0 Å². The summed E-state index contributed by atoms with van der Waals surface area (Å²) in [5.41, 5.74) is 5.81. The molecule has 8 heteroatoms. The topological polar surface area (TPSA) is 81.3 Å². The third kappa shape index (κ3) is 3.71. The monoisotopic (exact) mass is 407 g/mol. The molecule has 4 aromatic rings. The van der Waals surface area contributed by atoms with E-state index in [1.807, 2.05) is 19.2 Å². The molecule has 7 nitrogen and oxygen atoms in total. The van der Waals surface area contributed by atoms with Gasteiger partial charge in [-0.05, 0) is 33.3 Å². The number of nitrogens with zero attached hydrogens (tertiary/aromatic N) is 4. The van der Waals surface area contributed by atoms with Crippen LogP contribution < -0.4 is 10.7 Å². The summed E-state index contributed by atoms with van der Waals surface area (Å²) >= 11 is 1.48. The number of benzene rings is 1. The fourth-order valence-corrected chi connectivity index (χ4v) is 4.29. The molecule has 0 atom stereocenters. The van der Waals surface area contributed by atoms with Gasteiger partial charge in [0.2, 0.25) is 10.9 Å². The van der Waals surface area contributed by atoms with Gasteiger partial charge in [0, 0.05) is 34.5 Å². The molecule has 0 spiro atoms. The Morgan fingerprint density at radius 1 is 1.10 bits per heavy atom. The number of carbonyl (C=O) groups is 1. The van der Waals surface area contributed by atoms with E-state index in [0.717, 1.165) is 28.2 Å². The molecule has 0 unspecified atom stereocenters. The number of anilines is 1. The largest absolute Gasteiger partial charge is 0.340 e. The van der Waals surface area contributed by atoms with Crippen LogP contribution in [0, 0.1) is 27.7 Å². The number of nitrogens with one attached hydrogen (secondary N) is 1. The minimum absolute atomic E-state index is 0.0633. The van der Waals surface area contributed by atoms with Crippen molar-refractivity contribution in [1.82, 2.24) is 19.2 Å². The molecule has 29 heavy (non-hydrogen) atoms. The van der Waals surface area contributed by atoms with Gasteiger partial charge in [0.05, 0.1) is 5.69 Å². The van der Waals surface area contributed by atoms with Crippen molar-refractivity contribution < 1.29 is 4.79 Å². The minimum Gasteiger partial charge on any atom is -0.340 e. The Balaban J connectivity index is 1.59. The van der Waals surface area contributed by atoms with Gasteiger partial charge < -0.3 is 4.57 Å². The molecule has 0 fully saturated rings. The molecule has 4 rings (SSSR count). The zero-order valence-electron chi connectivity index (χ0n) is 16.7. The molecule has 0 saturated heterocycles. The van der Waals surface area contributed by atoms with E-state index in [9.17, 15) is 9.59 Å². The molecule has 0 bridgehead atoms. The number of fused-ring (bicyclic) bond motifs is 1. The zero-order valence-corrected chi connectivity index (χ0v) is 17.5. The predicted octanol–water partition coefficient (Wildman–Crippen LogP) is 3.49. The first kappa shape index (κ1) is 19.1. The highest BCUT2D eigenvalue weighted by atomic mass is 32.1. The number of rotatable bonds is 4. The van der Waals surface area contributed by atoms with Gasteiger partial charge in [-0.25, -0.2) is 4.52 Å². The van der Waals surface area contributed by atoms with Gasteiger partial charge in [-0.1, -0.05) is 23.8 Å². The summed E-state index contributed by atoms with van der Waals surface area (Å²) < 4.78 is 3.55.